The van der Waals surface area contributed by atoms with Gasteiger partial charge in [-0.2, -0.15) is 0 Å². The summed E-state index contributed by atoms with van der Waals surface area (Å²) in [6, 6.07) is -5.56. The minimum atomic E-state index is -1.81. The monoisotopic (exact) mass is 1270 g/mol. The quantitative estimate of drug-likeness (QED) is 0.0157. The molecule has 16 atom stereocenters. The molecule has 0 aromatic heterocycles. The van der Waals surface area contributed by atoms with Crippen molar-refractivity contribution in [2.24, 2.45) is 41.1 Å². The van der Waals surface area contributed by atoms with Gasteiger partial charge in [0.25, 0.3) is 0 Å². The molecule has 11 amide bonds. The number of nitrogens with one attached hydrogen (secondary N) is 13. The zero-order valence-corrected chi connectivity index (χ0v) is 54.6. The molecule has 1 aromatic rings. The maximum atomic E-state index is 14.5. The van der Waals surface area contributed by atoms with E-state index < -0.39 is 180 Å². The third-order valence-corrected chi connectivity index (χ3v) is 16.3. The number of hydrogen-bond donors (Lipinski definition) is 16. The van der Waals surface area contributed by atoms with Gasteiger partial charge in [0.05, 0.1) is 12.6 Å². The first kappa shape index (κ1) is 78.1. The summed E-state index contributed by atoms with van der Waals surface area (Å²) >= 11 is 0. The number of primary amides is 1. The molecule has 0 unspecified atom stereocenters. The fraction of sp³-hybridized carbons (Fsp3) is 0.689. The number of ether oxygens (including phenoxy) is 1. The highest BCUT2D eigenvalue weighted by atomic mass is 16.5. The van der Waals surface area contributed by atoms with Crippen LogP contribution in [0.3, 0.4) is 0 Å². The maximum absolute atomic E-state index is 14.5. The number of guanidine groups is 1. The lowest BCUT2D eigenvalue weighted by atomic mass is 9.94. The molecular weight excluding hydrogens is 1170 g/mol. The van der Waals surface area contributed by atoms with Gasteiger partial charge in [-0.25, -0.2) is 4.79 Å². The van der Waals surface area contributed by atoms with Crippen LogP contribution in [0, 0.1) is 35.0 Å². The Labute approximate surface area is 528 Å². The number of rotatable bonds is 35. The first-order valence-corrected chi connectivity index (χ1v) is 31.3. The number of esters is 1. The van der Waals surface area contributed by atoms with Gasteiger partial charge in [-0.05, 0) is 88.2 Å². The zero-order chi connectivity index (χ0) is 68.1. The van der Waals surface area contributed by atoms with Crippen LogP contribution in [-0.4, -0.2) is 175 Å². The Hall–Kier alpha value is -7.95. The van der Waals surface area contributed by atoms with Crippen molar-refractivity contribution in [2.75, 3.05) is 20.2 Å². The Morgan fingerprint density at radius 2 is 1.10 bits per heavy atom. The molecule has 29 nitrogen and oxygen atoms in total. The lowest BCUT2D eigenvalue weighted by Crippen LogP contribution is -2.63. The Balaban J connectivity index is 2.49. The van der Waals surface area contributed by atoms with Gasteiger partial charge in [-0.3, -0.25) is 58.1 Å². The van der Waals surface area contributed by atoms with Gasteiger partial charge in [0.1, 0.15) is 66.5 Å². The molecule has 0 saturated carbocycles. The molecule has 0 aliphatic carbocycles. The highest BCUT2D eigenvalue weighted by molar-refractivity contribution is 5.99. The van der Waals surface area contributed by atoms with Crippen LogP contribution in [0.1, 0.15) is 146 Å². The molecule has 90 heavy (non-hydrogen) atoms. The molecule has 0 spiro atoms. The van der Waals surface area contributed by atoms with E-state index in [1.165, 1.54) is 13.8 Å². The van der Waals surface area contributed by atoms with Gasteiger partial charge in [0.2, 0.25) is 65.0 Å². The van der Waals surface area contributed by atoms with Crippen LogP contribution >= 0.6 is 0 Å². The average molecular weight is 1270 g/mol. The van der Waals surface area contributed by atoms with E-state index in [-0.39, 0.29) is 56.9 Å². The number of carbonyl (C=O) groups is 12. The number of aliphatic hydroxyl groups is 1. The van der Waals surface area contributed by atoms with Crippen molar-refractivity contribution in [3.05, 3.63) is 35.9 Å². The van der Waals surface area contributed by atoms with Crippen LogP contribution in [-0.2, 0) is 68.7 Å². The predicted molar refractivity (Wildman–Crippen MR) is 335 cm³/mol. The van der Waals surface area contributed by atoms with E-state index in [9.17, 15) is 62.6 Å². The molecule has 2 rings (SSSR count). The fourth-order valence-corrected chi connectivity index (χ4v) is 9.64. The van der Waals surface area contributed by atoms with Crippen LogP contribution in [0.25, 0.3) is 0 Å². The molecule has 18 N–H and O–H groups in total. The third kappa shape index (κ3) is 25.5. The van der Waals surface area contributed by atoms with Gasteiger partial charge in [0.15, 0.2) is 5.96 Å². The van der Waals surface area contributed by atoms with Crippen molar-refractivity contribution < 1.29 is 67.4 Å². The number of aliphatic hydroxyl groups excluding tert-OH is 1. The third-order valence-electron chi connectivity index (χ3n) is 16.3. The first-order chi connectivity index (χ1) is 42.4. The Kier molecular flexibility index (Phi) is 34.1. The second kappa shape index (κ2) is 39.2. The number of amides is 11. The second-order valence-electron chi connectivity index (χ2n) is 23.9. The largest absolute Gasteiger partial charge is 0.458 e. The number of benzene rings is 1. The summed E-state index contributed by atoms with van der Waals surface area (Å²) in [6.07, 6.45) is -0.283. The summed E-state index contributed by atoms with van der Waals surface area (Å²) in [4.78, 5) is 167. The second-order valence-corrected chi connectivity index (χ2v) is 23.9. The van der Waals surface area contributed by atoms with Crippen molar-refractivity contribution in [1.29, 1.82) is 5.41 Å². The van der Waals surface area contributed by atoms with Crippen LogP contribution in [0.15, 0.2) is 30.3 Å². The smallest absolute Gasteiger partial charge is 0.329 e. The van der Waals surface area contributed by atoms with Gasteiger partial charge in [-0.15, -0.1) is 0 Å². The highest BCUT2D eigenvalue weighted by Gasteiger charge is 2.41. The van der Waals surface area contributed by atoms with Crippen molar-refractivity contribution in [3.8, 4) is 0 Å². The molecule has 1 aromatic carbocycles. The van der Waals surface area contributed by atoms with E-state index in [1.54, 1.807) is 55.5 Å². The van der Waals surface area contributed by atoms with E-state index in [0.29, 0.717) is 19.3 Å². The molecule has 0 radical (unpaired) electrons. The highest BCUT2D eigenvalue weighted by Crippen LogP contribution is 2.18. The fourth-order valence-electron chi connectivity index (χ4n) is 9.64. The minimum absolute atomic E-state index is 0.0726. The van der Waals surface area contributed by atoms with Crippen LogP contribution in [0.4, 0.5) is 0 Å². The lowest BCUT2D eigenvalue weighted by Gasteiger charge is -2.31. The topological polar surface area (TPSA) is 455 Å². The van der Waals surface area contributed by atoms with Gasteiger partial charge >= 0.3 is 5.97 Å². The van der Waals surface area contributed by atoms with E-state index in [2.05, 4.69) is 63.8 Å². The molecule has 0 bridgehead atoms. The standard InChI is InChI=1S/C61H103N15O14/c1-14-32(7)45(73-53(82)41(65-13)29-38-22-19-18-20-23-38)56(85)69-39(24-21-27-66-61(63)64)51(80)68-40(25-26-44(62)78)52(81)72-47(34(9)16-3)58(87)74-46(33(8)15-2)57(86)71-43(30-77)55(84)76-49-37(12)90-60(89)48(35(10)17-4)75-54(83)42(28-31(5)6)70-50(79)36(11)67-59(49)88/h18-20,22-23,31-37,39-43,45-49,65,77H,14-17,21,24-30H2,1-13H3,(H2,62,78)(H,67,88)(H,68,80)(H,69,85)(H,70,79)(H,71,86)(H,72,81)(H,73,82)(H,74,87)(H,75,83)(H,76,84)(H4,63,64,66)/t32-,33-,34+,35-,36-,37-,39-,40+,41+,42-,43-,45-,46-,47+,48-,49+/m0/s1. The van der Waals surface area contributed by atoms with Crippen molar-refractivity contribution >= 4 is 76.9 Å². The molecule has 1 aliphatic rings. The molecule has 1 fully saturated rings. The zero-order valence-electron chi connectivity index (χ0n) is 54.6. The van der Waals surface area contributed by atoms with Gasteiger partial charge in [0, 0.05) is 13.0 Å². The molecule has 1 heterocycles. The SMILES string of the molecule is CC[C@@H](C)[C@@H](NC(=O)[C@@H](CCC(N)=O)NC(=O)[C@H](CCCNC(=N)N)NC(=O)[C@@H](NC(=O)[C@@H](Cc1ccccc1)NC)[C@@H](C)CC)C(=O)N[C@H](C(=O)N[C@@H](CO)C(=O)N[C@H]1C(=O)N[C@@H](C)C(=O)N[C@@H](CC(C)C)C(=O)N[C@@H]([C@@H](C)CC)C(=O)O[C@H]1C)[C@@H](C)CC. The molecule has 29 heteroatoms. The van der Waals surface area contributed by atoms with Crippen molar-refractivity contribution in [1.82, 2.24) is 63.8 Å². The van der Waals surface area contributed by atoms with E-state index in [0.717, 1.165) is 5.56 Å². The molecule has 1 aliphatic heterocycles. The predicted octanol–water partition coefficient (Wildman–Crippen LogP) is -1.62. The van der Waals surface area contributed by atoms with Crippen LogP contribution in [0.5, 0.6) is 0 Å². The van der Waals surface area contributed by atoms with E-state index >= 15 is 0 Å². The first-order valence-electron chi connectivity index (χ1n) is 31.3. The molecular formula is C61H103N15O14. The normalized spacial score (nSPS) is 20.9. The van der Waals surface area contributed by atoms with E-state index in [1.807, 2.05) is 51.1 Å². The summed E-state index contributed by atoms with van der Waals surface area (Å²) in [5.41, 5.74) is 11.9. The van der Waals surface area contributed by atoms with Crippen molar-refractivity contribution in [2.45, 2.75) is 220 Å². The summed E-state index contributed by atoms with van der Waals surface area (Å²) in [5.74, 6) is -12.9. The van der Waals surface area contributed by atoms with Crippen molar-refractivity contribution in [3.63, 3.8) is 0 Å². The number of hydrogen-bond acceptors (Lipinski definition) is 16. The van der Waals surface area contributed by atoms with Crippen LogP contribution in [0.2, 0.25) is 0 Å². The number of carbonyl (C=O) groups excluding carboxylic acids is 12. The molecule has 1 saturated heterocycles. The van der Waals surface area contributed by atoms with E-state index in [4.69, 9.17) is 21.6 Å². The minimum Gasteiger partial charge on any atom is -0.458 e. The summed E-state index contributed by atoms with van der Waals surface area (Å²) in [6.45, 7) is 19.1. The lowest BCUT2D eigenvalue weighted by molar-refractivity contribution is -0.157. The number of cyclic esters (lactones) is 1. The maximum Gasteiger partial charge on any atom is 0.329 e. The van der Waals surface area contributed by atoms with Gasteiger partial charge in [-0.1, -0.05) is 125 Å². The Morgan fingerprint density at radius 3 is 1.59 bits per heavy atom. The average Bonchev–Trinajstić information content (AvgIpc) is 1.63. The Morgan fingerprint density at radius 1 is 0.611 bits per heavy atom. The van der Waals surface area contributed by atoms with Crippen LogP contribution < -0.4 is 75.3 Å². The number of nitrogens with two attached hydrogens (primary N) is 2. The summed E-state index contributed by atoms with van der Waals surface area (Å²) < 4.78 is 5.73. The molecule has 506 valence electrons. The Bertz CT molecular complexity index is 2600. The summed E-state index contributed by atoms with van der Waals surface area (Å²) in [7, 11) is 1.62. The summed E-state index contributed by atoms with van der Waals surface area (Å²) in [5, 5.41) is 50.0. The number of likely N-dealkylation sites (N-methyl/N-ethyl adjacent to an activating group) is 1. The van der Waals surface area contributed by atoms with Gasteiger partial charge < -0.3 is 85.1 Å².